The van der Waals surface area contributed by atoms with Crippen LogP contribution in [0.15, 0.2) is 22.7 Å². The first-order chi connectivity index (χ1) is 8.21. The zero-order valence-corrected chi connectivity index (χ0v) is 12.5. The van der Waals surface area contributed by atoms with Gasteiger partial charge in [-0.1, -0.05) is 0 Å². The van der Waals surface area contributed by atoms with E-state index >= 15 is 0 Å². The molecule has 0 saturated carbocycles. The summed E-state index contributed by atoms with van der Waals surface area (Å²) in [7, 11) is 0. The van der Waals surface area contributed by atoms with Crippen molar-refractivity contribution in [3.8, 4) is 0 Å². The smallest absolute Gasteiger partial charge is 0.403 e. The Hall–Kier alpha value is -0.510. The molecule has 18 heavy (non-hydrogen) atoms. The van der Waals surface area contributed by atoms with E-state index < -0.39 is 24.6 Å². The first kappa shape index (κ1) is 15.5. The molecule has 2 N–H and O–H groups in total. The van der Waals surface area contributed by atoms with Crippen LogP contribution in [0.2, 0.25) is 0 Å². The Morgan fingerprint density at radius 2 is 2.11 bits per heavy atom. The second-order valence-electron chi connectivity index (χ2n) is 3.44. The molecule has 1 aromatic carbocycles. The molecular weight excluding hydrogens is 430 g/mol. The van der Waals surface area contributed by atoms with E-state index in [4.69, 9.17) is 5.11 Å². The van der Waals surface area contributed by atoms with Gasteiger partial charge in [0.2, 0.25) is 0 Å². The number of nitrogens with one attached hydrogen (secondary N) is 1. The van der Waals surface area contributed by atoms with E-state index in [1.807, 2.05) is 22.6 Å². The van der Waals surface area contributed by atoms with Crippen LogP contribution < -0.4 is 5.32 Å². The average Bonchev–Trinajstić information content (AvgIpc) is 2.21. The van der Waals surface area contributed by atoms with Crippen molar-refractivity contribution < 1.29 is 23.1 Å². The lowest BCUT2D eigenvalue weighted by Crippen LogP contribution is -2.36. The van der Waals surface area contributed by atoms with Crippen LogP contribution in [0.25, 0.3) is 0 Å². The minimum Gasteiger partial charge on any atom is -0.481 e. The fraction of sp³-hybridized carbons (Fsp3) is 0.300. The van der Waals surface area contributed by atoms with E-state index in [9.17, 15) is 18.0 Å². The lowest BCUT2D eigenvalue weighted by atomic mass is 10.1. The summed E-state index contributed by atoms with van der Waals surface area (Å²) >= 11 is 5.27. The van der Waals surface area contributed by atoms with Gasteiger partial charge in [0.05, 0.1) is 0 Å². The van der Waals surface area contributed by atoms with Gasteiger partial charge in [-0.3, -0.25) is 4.79 Å². The van der Waals surface area contributed by atoms with Crippen LogP contribution in [0.4, 0.5) is 18.9 Å². The third-order valence-corrected chi connectivity index (χ3v) is 4.45. The second-order valence-corrected chi connectivity index (χ2v) is 5.46. The van der Waals surface area contributed by atoms with Crippen molar-refractivity contribution in [2.45, 2.75) is 6.18 Å². The number of halogens is 5. The summed E-state index contributed by atoms with van der Waals surface area (Å²) in [6.07, 6.45) is -4.76. The van der Waals surface area contributed by atoms with Crippen molar-refractivity contribution in [2.75, 3.05) is 11.9 Å². The predicted molar refractivity (Wildman–Crippen MR) is 72.5 cm³/mol. The lowest BCUT2D eigenvalue weighted by molar-refractivity contribution is -0.190. The Labute approximate surface area is 123 Å². The maximum Gasteiger partial charge on any atom is 0.403 e. The number of benzene rings is 1. The van der Waals surface area contributed by atoms with Crippen molar-refractivity contribution in [2.24, 2.45) is 5.92 Å². The number of carboxylic acids is 1. The molecule has 8 heteroatoms. The summed E-state index contributed by atoms with van der Waals surface area (Å²) in [6, 6.07) is 4.87. The van der Waals surface area contributed by atoms with Crippen LogP contribution in [0.1, 0.15) is 0 Å². The van der Waals surface area contributed by atoms with Gasteiger partial charge in [-0.05, 0) is 56.7 Å². The molecule has 0 heterocycles. The van der Waals surface area contributed by atoms with Crippen molar-refractivity contribution in [3.63, 3.8) is 0 Å². The molecule has 0 spiro atoms. The number of carbonyl (C=O) groups is 1. The Bertz CT molecular complexity index is 453. The zero-order chi connectivity index (χ0) is 13.9. The number of anilines is 1. The van der Waals surface area contributed by atoms with Crippen molar-refractivity contribution in [1.82, 2.24) is 0 Å². The highest BCUT2D eigenvalue weighted by Crippen LogP contribution is 2.28. The Kier molecular flexibility index (Phi) is 5.26. The highest BCUT2D eigenvalue weighted by molar-refractivity contribution is 14.1. The highest BCUT2D eigenvalue weighted by atomic mass is 127. The van der Waals surface area contributed by atoms with Gasteiger partial charge in [0.1, 0.15) is 0 Å². The molecule has 0 aliphatic heterocycles. The largest absolute Gasteiger partial charge is 0.481 e. The molecule has 1 atom stereocenters. The number of alkyl halides is 3. The van der Waals surface area contributed by atoms with Gasteiger partial charge in [-0.25, -0.2) is 0 Å². The molecule has 0 aliphatic carbocycles. The molecule has 1 unspecified atom stereocenters. The molecule has 0 aromatic heterocycles. The van der Waals surface area contributed by atoms with E-state index in [0.717, 1.165) is 8.04 Å². The molecule has 1 rings (SSSR count). The van der Waals surface area contributed by atoms with E-state index in [1.165, 1.54) is 0 Å². The SMILES string of the molecule is O=C(O)C(CNc1ccc(Br)c(I)c1)C(F)(F)F. The zero-order valence-electron chi connectivity index (χ0n) is 8.76. The van der Waals surface area contributed by atoms with Gasteiger partial charge in [0.15, 0.2) is 5.92 Å². The van der Waals surface area contributed by atoms with Crippen molar-refractivity contribution in [1.29, 1.82) is 0 Å². The summed E-state index contributed by atoms with van der Waals surface area (Å²) in [5.74, 6) is -4.30. The summed E-state index contributed by atoms with van der Waals surface area (Å²) in [5, 5.41) is 11.0. The van der Waals surface area contributed by atoms with Gasteiger partial charge in [-0.15, -0.1) is 0 Å². The summed E-state index contributed by atoms with van der Waals surface area (Å²) in [6.45, 7) is -0.698. The van der Waals surface area contributed by atoms with Gasteiger partial charge in [0.25, 0.3) is 0 Å². The van der Waals surface area contributed by atoms with Crippen LogP contribution in [-0.2, 0) is 4.79 Å². The number of rotatable bonds is 4. The molecule has 100 valence electrons. The predicted octanol–water partition coefficient (Wildman–Crippen LogP) is 3.73. The van der Waals surface area contributed by atoms with Crippen LogP contribution in [0.3, 0.4) is 0 Å². The molecule has 1 aromatic rings. The van der Waals surface area contributed by atoms with Crippen LogP contribution >= 0.6 is 38.5 Å². The fourth-order valence-electron chi connectivity index (χ4n) is 1.17. The van der Waals surface area contributed by atoms with Gasteiger partial charge in [-0.2, -0.15) is 13.2 Å². The molecular formula is C10H8BrF3INO2. The Morgan fingerprint density at radius 1 is 1.50 bits per heavy atom. The Balaban J connectivity index is 2.73. The third kappa shape index (κ3) is 4.30. The van der Waals surface area contributed by atoms with E-state index in [0.29, 0.717) is 5.69 Å². The highest BCUT2D eigenvalue weighted by Gasteiger charge is 2.44. The topological polar surface area (TPSA) is 49.3 Å². The normalized spacial score (nSPS) is 13.2. The molecule has 3 nitrogen and oxygen atoms in total. The van der Waals surface area contributed by atoms with Crippen LogP contribution in [-0.4, -0.2) is 23.8 Å². The standard InChI is InChI=1S/C10H8BrF3INO2/c11-7-2-1-5(3-8(7)15)16-4-6(9(17)18)10(12,13)14/h1-3,6,16H,4H2,(H,17,18). The molecule has 0 fully saturated rings. The van der Waals surface area contributed by atoms with Crippen molar-refractivity contribution in [3.05, 3.63) is 26.2 Å². The van der Waals surface area contributed by atoms with Gasteiger partial charge >= 0.3 is 12.1 Å². The van der Waals surface area contributed by atoms with E-state index in [-0.39, 0.29) is 0 Å². The molecule has 0 amide bonds. The first-order valence-electron chi connectivity index (χ1n) is 4.70. The minimum atomic E-state index is -4.76. The van der Waals surface area contributed by atoms with Gasteiger partial charge in [0, 0.05) is 20.3 Å². The molecule has 0 radical (unpaired) electrons. The number of aliphatic carboxylic acids is 1. The minimum absolute atomic E-state index is 0.443. The number of hydrogen-bond acceptors (Lipinski definition) is 2. The summed E-state index contributed by atoms with van der Waals surface area (Å²) in [4.78, 5) is 10.5. The fourth-order valence-corrected chi connectivity index (χ4v) is 1.93. The second kappa shape index (κ2) is 6.09. The molecule has 0 saturated heterocycles. The van der Waals surface area contributed by atoms with Gasteiger partial charge < -0.3 is 10.4 Å². The number of carboxylic acid groups (broad SMARTS) is 1. The maximum atomic E-state index is 12.4. The Morgan fingerprint density at radius 3 is 2.56 bits per heavy atom. The van der Waals surface area contributed by atoms with Crippen LogP contribution in [0, 0.1) is 9.49 Å². The molecule has 0 aliphatic rings. The molecule has 0 bridgehead atoms. The maximum absolute atomic E-state index is 12.4. The number of hydrogen-bond donors (Lipinski definition) is 2. The lowest BCUT2D eigenvalue weighted by Gasteiger charge is -2.17. The van der Waals surface area contributed by atoms with E-state index in [1.54, 1.807) is 18.2 Å². The third-order valence-electron chi connectivity index (χ3n) is 2.12. The summed E-state index contributed by atoms with van der Waals surface area (Å²) in [5.41, 5.74) is 0.443. The van der Waals surface area contributed by atoms with Crippen LogP contribution in [0.5, 0.6) is 0 Å². The van der Waals surface area contributed by atoms with E-state index in [2.05, 4.69) is 21.2 Å². The quantitative estimate of drug-likeness (QED) is 0.706. The summed E-state index contributed by atoms with van der Waals surface area (Å²) < 4.78 is 38.8. The first-order valence-corrected chi connectivity index (χ1v) is 6.57. The van der Waals surface area contributed by atoms with Crippen molar-refractivity contribution >= 4 is 50.2 Å². The average molecular weight is 438 g/mol. The monoisotopic (exact) mass is 437 g/mol.